The molecule has 0 spiro atoms. The Kier molecular flexibility index (Phi) is 6.44. The molecule has 7 heteroatoms. The molecule has 0 atom stereocenters. The highest BCUT2D eigenvalue weighted by atomic mass is 79.9. The topological polar surface area (TPSA) is 68.5 Å². The van der Waals surface area contributed by atoms with Gasteiger partial charge in [-0.2, -0.15) is 0 Å². The van der Waals surface area contributed by atoms with Crippen molar-refractivity contribution in [3.63, 3.8) is 0 Å². The number of hydrogen-bond donors (Lipinski definition) is 1. The molecular weight excluding hydrogens is 324 g/mol. The molecule has 0 bridgehead atoms. The molecule has 2 heterocycles. The molecule has 0 aliphatic rings. The number of anilines is 1. The predicted molar refractivity (Wildman–Crippen MR) is 81.9 cm³/mol. The zero-order valence-electron chi connectivity index (χ0n) is 12.1. The molecule has 1 N–H and O–H groups in total. The fourth-order valence-electron chi connectivity index (χ4n) is 1.71. The number of fused-ring (bicyclic) bond motifs is 1. The van der Waals surface area contributed by atoms with Crippen LogP contribution in [0, 0.1) is 0 Å². The Balaban J connectivity index is 0.000000956. The lowest BCUT2D eigenvalue weighted by Crippen LogP contribution is -2.10. The van der Waals surface area contributed by atoms with Gasteiger partial charge in [0.25, 0.3) is 0 Å². The van der Waals surface area contributed by atoms with Crippen molar-refractivity contribution in [2.24, 2.45) is 0 Å². The van der Waals surface area contributed by atoms with E-state index in [1.807, 2.05) is 18.2 Å². The Labute approximate surface area is 126 Å². The van der Waals surface area contributed by atoms with Crippen molar-refractivity contribution in [1.82, 2.24) is 14.4 Å². The summed E-state index contributed by atoms with van der Waals surface area (Å²) in [6, 6.07) is 0. The number of esters is 1. The minimum Gasteiger partial charge on any atom is -0.466 e. The van der Waals surface area contributed by atoms with Gasteiger partial charge < -0.3 is 10.1 Å². The minimum atomic E-state index is -0.292. The van der Waals surface area contributed by atoms with E-state index in [-0.39, 0.29) is 12.4 Å². The largest absolute Gasteiger partial charge is 0.466 e. The third-order valence-corrected chi connectivity index (χ3v) is 2.98. The summed E-state index contributed by atoms with van der Waals surface area (Å²) in [5.74, 6) is 1.03. The van der Waals surface area contributed by atoms with Crippen LogP contribution in [0.2, 0.25) is 0 Å². The van der Waals surface area contributed by atoms with Crippen LogP contribution in [0.5, 0.6) is 0 Å². The van der Waals surface area contributed by atoms with Gasteiger partial charge in [-0.1, -0.05) is 13.8 Å². The van der Waals surface area contributed by atoms with Crippen molar-refractivity contribution in [3.05, 3.63) is 22.8 Å². The average Bonchev–Trinajstić information content (AvgIpc) is 2.78. The Morgan fingerprint density at radius 3 is 2.80 bits per heavy atom. The number of carbonyl (C=O) groups excluding carboxylic acids is 1. The quantitative estimate of drug-likeness (QED) is 0.865. The van der Waals surface area contributed by atoms with Crippen LogP contribution >= 0.6 is 15.9 Å². The van der Waals surface area contributed by atoms with Gasteiger partial charge in [0.15, 0.2) is 5.82 Å². The number of nitrogens with one attached hydrogen (secondary N) is 1. The van der Waals surface area contributed by atoms with E-state index < -0.39 is 0 Å². The van der Waals surface area contributed by atoms with Crippen molar-refractivity contribution in [3.8, 4) is 0 Å². The van der Waals surface area contributed by atoms with Gasteiger partial charge in [-0.05, 0) is 22.9 Å². The molecule has 6 nitrogen and oxygen atoms in total. The Hall–Kier alpha value is -1.63. The number of carbonyl (C=O) groups is 1. The molecule has 2 aromatic heterocycles. The van der Waals surface area contributed by atoms with Crippen LogP contribution in [0.25, 0.3) is 5.52 Å². The molecule has 2 aromatic rings. The van der Waals surface area contributed by atoms with E-state index in [4.69, 9.17) is 4.74 Å². The van der Waals surface area contributed by atoms with E-state index in [0.717, 1.165) is 5.52 Å². The first-order valence-electron chi connectivity index (χ1n) is 6.52. The maximum atomic E-state index is 11.5. The minimum absolute atomic E-state index is 0.133. The van der Waals surface area contributed by atoms with Gasteiger partial charge in [-0.25, -0.2) is 9.97 Å². The van der Waals surface area contributed by atoms with Crippen LogP contribution in [-0.4, -0.2) is 34.0 Å². The van der Waals surface area contributed by atoms with E-state index in [2.05, 4.69) is 31.2 Å². The molecule has 0 unspecified atom stereocenters. The molecule has 0 aromatic carbocycles. The lowest BCUT2D eigenvalue weighted by atomic mass is 10.4. The van der Waals surface area contributed by atoms with Crippen molar-refractivity contribution in [2.75, 3.05) is 19.0 Å². The highest BCUT2D eigenvalue weighted by Crippen LogP contribution is 2.24. The number of aromatic nitrogens is 3. The number of ether oxygens (including phenoxy) is 1. The fourth-order valence-corrected chi connectivity index (χ4v) is 2.29. The Morgan fingerprint density at radius 1 is 1.50 bits per heavy atom. The Morgan fingerprint density at radius 2 is 2.20 bits per heavy atom. The highest BCUT2D eigenvalue weighted by Gasteiger charge is 2.15. The zero-order chi connectivity index (χ0) is 15.1. The van der Waals surface area contributed by atoms with Crippen molar-refractivity contribution < 1.29 is 9.53 Å². The molecule has 110 valence electrons. The molecule has 0 saturated carbocycles. The fraction of sp³-hybridized carbons (Fsp3) is 0.462. The highest BCUT2D eigenvalue weighted by molar-refractivity contribution is 9.10. The summed E-state index contributed by atoms with van der Waals surface area (Å²) in [5.41, 5.74) is 0.805. The smallest absolute Gasteiger partial charge is 0.313 e. The lowest BCUT2D eigenvalue weighted by molar-refractivity contribution is -0.142. The molecule has 0 aliphatic carbocycles. The maximum Gasteiger partial charge on any atom is 0.313 e. The Bertz CT molecular complexity index is 583. The monoisotopic (exact) mass is 342 g/mol. The van der Waals surface area contributed by atoms with E-state index in [1.165, 1.54) is 0 Å². The summed E-state index contributed by atoms with van der Waals surface area (Å²) < 4.78 is 7.39. The van der Waals surface area contributed by atoms with Crippen molar-refractivity contribution in [1.29, 1.82) is 0 Å². The van der Waals surface area contributed by atoms with Crippen LogP contribution < -0.4 is 5.32 Å². The molecular formula is C13H19BrN4O2. The van der Waals surface area contributed by atoms with Gasteiger partial charge in [-0.3, -0.25) is 9.20 Å². The SMILES string of the molecule is CC.CCOC(=O)Cc1nc(Br)c2c(NC)nccn12. The first-order valence-corrected chi connectivity index (χ1v) is 7.31. The summed E-state index contributed by atoms with van der Waals surface area (Å²) in [7, 11) is 1.78. The summed E-state index contributed by atoms with van der Waals surface area (Å²) in [4.78, 5) is 20.0. The first-order chi connectivity index (χ1) is 9.67. The van der Waals surface area contributed by atoms with Crippen LogP contribution in [0.15, 0.2) is 17.0 Å². The molecule has 0 radical (unpaired) electrons. The molecule has 0 fully saturated rings. The molecule has 0 amide bonds. The van der Waals surface area contributed by atoms with E-state index >= 15 is 0 Å². The third-order valence-electron chi connectivity index (χ3n) is 2.43. The normalized spacial score (nSPS) is 9.85. The van der Waals surface area contributed by atoms with Crippen molar-refractivity contribution >= 4 is 33.2 Å². The van der Waals surface area contributed by atoms with Gasteiger partial charge >= 0.3 is 5.97 Å². The summed E-state index contributed by atoms with van der Waals surface area (Å²) in [5, 5.41) is 2.98. The second-order valence-corrected chi connectivity index (χ2v) is 4.30. The second kappa shape index (κ2) is 7.84. The number of imidazole rings is 1. The van der Waals surface area contributed by atoms with Crippen LogP contribution in [0.4, 0.5) is 5.82 Å². The van der Waals surface area contributed by atoms with Crippen LogP contribution in [0.1, 0.15) is 26.6 Å². The van der Waals surface area contributed by atoms with Crippen LogP contribution in [-0.2, 0) is 16.0 Å². The van der Waals surface area contributed by atoms with Gasteiger partial charge in [-0.15, -0.1) is 0 Å². The molecule has 20 heavy (non-hydrogen) atoms. The molecule has 2 rings (SSSR count). The first kappa shape index (κ1) is 16.4. The molecule has 0 aliphatic heterocycles. The maximum absolute atomic E-state index is 11.5. The van der Waals surface area contributed by atoms with Gasteiger partial charge in [0.2, 0.25) is 0 Å². The predicted octanol–water partition coefficient (Wildman–Crippen LogP) is 2.67. The summed E-state index contributed by atoms with van der Waals surface area (Å²) >= 11 is 3.37. The molecule has 0 saturated heterocycles. The van der Waals surface area contributed by atoms with Gasteiger partial charge in [0.1, 0.15) is 22.4 Å². The van der Waals surface area contributed by atoms with E-state index in [1.54, 1.807) is 26.4 Å². The van der Waals surface area contributed by atoms with Crippen molar-refractivity contribution in [2.45, 2.75) is 27.2 Å². The lowest BCUT2D eigenvalue weighted by Gasteiger charge is -2.04. The summed E-state index contributed by atoms with van der Waals surface area (Å²) in [6.45, 7) is 6.15. The van der Waals surface area contributed by atoms with E-state index in [9.17, 15) is 4.79 Å². The summed E-state index contributed by atoms with van der Waals surface area (Å²) in [6.07, 6.45) is 3.55. The van der Waals surface area contributed by atoms with E-state index in [0.29, 0.717) is 22.9 Å². The van der Waals surface area contributed by atoms with Gasteiger partial charge in [0, 0.05) is 19.4 Å². The second-order valence-electron chi connectivity index (χ2n) is 3.55. The standard InChI is InChI=1S/C11H13BrN4O2.C2H6/c1-3-18-8(17)6-7-15-10(12)9-11(13-2)14-4-5-16(7)9;1-2/h4-5H,3,6H2,1-2H3,(H,13,14);1-2H3. The number of rotatable bonds is 4. The number of nitrogens with zero attached hydrogens (tertiary/aromatic N) is 3. The van der Waals surface area contributed by atoms with Gasteiger partial charge in [0.05, 0.1) is 6.61 Å². The zero-order valence-corrected chi connectivity index (χ0v) is 13.7. The van der Waals surface area contributed by atoms with Crippen LogP contribution in [0.3, 0.4) is 0 Å². The average molecular weight is 343 g/mol. The number of halogens is 1. The third kappa shape index (κ3) is 3.47. The number of hydrogen-bond acceptors (Lipinski definition) is 5.